The van der Waals surface area contributed by atoms with Crippen molar-refractivity contribution in [3.8, 4) is 5.75 Å². The summed E-state index contributed by atoms with van der Waals surface area (Å²) in [4.78, 5) is 0. The second-order valence-electron chi connectivity index (χ2n) is 6.77. The van der Waals surface area contributed by atoms with Crippen molar-refractivity contribution in [2.24, 2.45) is 5.92 Å². The second kappa shape index (κ2) is 7.65. The SMILES string of the molecule is CC(C)c1ccccc1OC[C@H]1CNCC[C@H]1c1ccccc1. The van der Waals surface area contributed by atoms with Gasteiger partial charge in [-0.25, -0.2) is 0 Å². The average Bonchev–Trinajstić information content (AvgIpc) is 2.61. The molecular weight excluding hydrogens is 282 g/mol. The Bertz CT molecular complexity index is 608. The summed E-state index contributed by atoms with van der Waals surface area (Å²) in [5.41, 5.74) is 2.74. The van der Waals surface area contributed by atoms with E-state index in [9.17, 15) is 0 Å². The number of nitrogens with one attached hydrogen (secondary N) is 1. The molecule has 2 aromatic rings. The van der Waals surface area contributed by atoms with Crippen LogP contribution in [-0.4, -0.2) is 19.7 Å². The van der Waals surface area contributed by atoms with E-state index in [0.29, 0.717) is 17.8 Å². The summed E-state index contributed by atoms with van der Waals surface area (Å²) in [6.45, 7) is 7.34. The fraction of sp³-hybridized carbons (Fsp3) is 0.429. The first-order valence-electron chi connectivity index (χ1n) is 8.73. The Labute approximate surface area is 139 Å². The molecular formula is C21H27NO. The summed E-state index contributed by atoms with van der Waals surface area (Å²) in [5.74, 6) is 2.63. The summed E-state index contributed by atoms with van der Waals surface area (Å²) in [5, 5.41) is 3.53. The van der Waals surface area contributed by atoms with E-state index in [1.165, 1.54) is 17.5 Å². The molecule has 1 aliphatic rings. The summed E-state index contributed by atoms with van der Waals surface area (Å²) >= 11 is 0. The van der Waals surface area contributed by atoms with Gasteiger partial charge in [-0.3, -0.25) is 0 Å². The lowest BCUT2D eigenvalue weighted by atomic mass is 9.81. The minimum atomic E-state index is 0.487. The third-order valence-electron chi connectivity index (χ3n) is 4.83. The third-order valence-corrected chi connectivity index (χ3v) is 4.83. The van der Waals surface area contributed by atoms with Crippen LogP contribution < -0.4 is 10.1 Å². The Morgan fingerprint density at radius 3 is 2.57 bits per heavy atom. The second-order valence-corrected chi connectivity index (χ2v) is 6.77. The molecule has 0 unspecified atom stereocenters. The van der Waals surface area contributed by atoms with Crippen molar-refractivity contribution in [3.05, 3.63) is 65.7 Å². The molecule has 1 N–H and O–H groups in total. The lowest BCUT2D eigenvalue weighted by molar-refractivity contribution is 0.195. The van der Waals surface area contributed by atoms with E-state index in [1.54, 1.807) is 0 Å². The Morgan fingerprint density at radius 1 is 1.04 bits per heavy atom. The molecule has 1 saturated heterocycles. The molecule has 2 heteroatoms. The quantitative estimate of drug-likeness (QED) is 0.872. The summed E-state index contributed by atoms with van der Waals surface area (Å²) < 4.78 is 6.25. The normalized spacial score (nSPS) is 21.3. The zero-order valence-electron chi connectivity index (χ0n) is 14.2. The van der Waals surface area contributed by atoms with E-state index >= 15 is 0 Å². The highest BCUT2D eigenvalue weighted by molar-refractivity contribution is 5.35. The van der Waals surface area contributed by atoms with Crippen LogP contribution in [0.3, 0.4) is 0 Å². The maximum Gasteiger partial charge on any atom is 0.122 e. The van der Waals surface area contributed by atoms with Crippen LogP contribution in [0, 0.1) is 5.92 Å². The van der Waals surface area contributed by atoms with E-state index in [4.69, 9.17) is 4.74 Å². The van der Waals surface area contributed by atoms with Crippen molar-refractivity contribution >= 4 is 0 Å². The van der Waals surface area contributed by atoms with E-state index in [1.807, 2.05) is 0 Å². The maximum atomic E-state index is 6.25. The molecule has 1 heterocycles. The Balaban J connectivity index is 1.71. The van der Waals surface area contributed by atoms with Gasteiger partial charge in [0.05, 0.1) is 6.61 Å². The molecule has 23 heavy (non-hydrogen) atoms. The van der Waals surface area contributed by atoms with Gasteiger partial charge in [0.1, 0.15) is 5.75 Å². The minimum Gasteiger partial charge on any atom is -0.493 e. The van der Waals surface area contributed by atoms with Gasteiger partial charge in [-0.2, -0.15) is 0 Å². The summed E-state index contributed by atoms with van der Waals surface area (Å²) in [6, 6.07) is 19.3. The Kier molecular flexibility index (Phi) is 5.35. The number of benzene rings is 2. The molecule has 3 rings (SSSR count). The van der Waals surface area contributed by atoms with Crippen molar-refractivity contribution < 1.29 is 4.74 Å². The highest BCUT2D eigenvalue weighted by Gasteiger charge is 2.27. The average molecular weight is 309 g/mol. The van der Waals surface area contributed by atoms with Crippen LogP contribution >= 0.6 is 0 Å². The van der Waals surface area contributed by atoms with Gasteiger partial charge in [0.25, 0.3) is 0 Å². The van der Waals surface area contributed by atoms with Gasteiger partial charge in [0.15, 0.2) is 0 Å². The third kappa shape index (κ3) is 3.94. The molecule has 2 aromatic carbocycles. The topological polar surface area (TPSA) is 21.3 Å². The van der Waals surface area contributed by atoms with Crippen molar-refractivity contribution in [2.75, 3.05) is 19.7 Å². The number of hydrogen-bond donors (Lipinski definition) is 1. The van der Waals surface area contributed by atoms with Crippen molar-refractivity contribution in [2.45, 2.75) is 32.1 Å². The molecule has 0 amide bonds. The lowest BCUT2D eigenvalue weighted by Crippen LogP contribution is -2.38. The number of rotatable bonds is 5. The van der Waals surface area contributed by atoms with E-state index in [-0.39, 0.29) is 0 Å². The highest BCUT2D eigenvalue weighted by Crippen LogP contribution is 2.32. The van der Waals surface area contributed by atoms with Gasteiger partial charge in [-0.05, 0) is 42.0 Å². The van der Waals surface area contributed by atoms with Crippen molar-refractivity contribution in [3.63, 3.8) is 0 Å². The van der Waals surface area contributed by atoms with Gasteiger partial charge >= 0.3 is 0 Å². The lowest BCUT2D eigenvalue weighted by Gasteiger charge is -2.32. The van der Waals surface area contributed by atoms with Gasteiger partial charge in [0.2, 0.25) is 0 Å². The number of piperidine rings is 1. The smallest absolute Gasteiger partial charge is 0.122 e. The zero-order valence-corrected chi connectivity index (χ0v) is 14.2. The minimum absolute atomic E-state index is 0.487. The van der Waals surface area contributed by atoms with Crippen LogP contribution in [0.25, 0.3) is 0 Å². The molecule has 1 fully saturated rings. The molecule has 122 valence electrons. The Hall–Kier alpha value is -1.80. The molecule has 2 nitrogen and oxygen atoms in total. The number of hydrogen-bond acceptors (Lipinski definition) is 2. The van der Waals surface area contributed by atoms with Crippen LogP contribution in [0.15, 0.2) is 54.6 Å². The molecule has 0 bridgehead atoms. The van der Waals surface area contributed by atoms with Gasteiger partial charge < -0.3 is 10.1 Å². The molecule has 0 spiro atoms. The fourth-order valence-electron chi connectivity index (χ4n) is 3.52. The Morgan fingerprint density at radius 2 is 1.78 bits per heavy atom. The van der Waals surface area contributed by atoms with Gasteiger partial charge in [0, 0.05) is 12.5 Å². The largest absolute Gasteiger partial charge is 0.493 e. The standard InChI is InChI=1S/C21H27NO/c1-16(2)19-10-6-7-11-21(19)23-15-18-14-22-13-12-20(18)17-8-4-3-5-9-17/h3-11,16,18,20,22H,12-15H2,1-2H3/t18-,20+/m1/s1. The first-order chi connectivity index (χ1) is 11.3. The summed E-state index contributed by atoms with van der Waals surface area (Å²) in [6.07, 6.45) is 1.18. The molecule has 0 aliphatic carbocycles. The van der Waals surface area contributed by atoms with Crippen LogP contribution in [0.2, 0.25) is 0 Å². The first kappa shape index (κ1) is 16.1. The van der Waals surface area contributed by atoms with E-state index in [2.05, 4.69) is 73.8 Å². The van der Waals surface area contributed by atoms with Gasteiger partial charge in [-0.15, -0.1) is 0 Å². The highest BCUT2D eigenvalue weighted by atomic mass is 16.5. The van der Waals surface area contributed by atoms with Crippen LogP contribution in [0.1, 0.15) is 43.2 Å². The molecule has 1 aliphatic heterocycles. The molecule has 2 atom stereocenters. The van der Waals surface area contributed by atoms with Crippen molar-refractivity contribution in [1.29, 1.82) is 0 Å². The van der Waals surface area contributed by atoms with Crippen LogP contribution in [0.5, 0.6) is 5.75 Å². The fourth-order valence-corrected chi connectivity index (χ4v) is 3.52. The van der Waals surface area contributed by atoms with Crippen LogP contribution in [-0.2, 0) is 0 Å². The molecule has 0 saturated carbocycles. The predicted molar refractivity (Wildman–Crippen MR) is 96.2 cm³/mol. The molecule has 0 aromatic heterocycles. The maximum absolute atomic E-state index is 6.25. The zero-order chi connectivity index (χ0) is 16.1. The van der Waals surface area contributed by atoms with Crippen molar-refractivity contribution in [1.82, 2.24) is 5.32 Å². The first-order valence-corrected chi connectivity index (χ1v) is 8.73. The summed E-state index contributed by atoms with van der Waals surface area (Å²) in [7, 11) is 0. The molecule has 0 radical (unpaired) electrons. The van der Waals surface area contributed by atoms with Gasteiger partial charge in [-0.1, -0.05) is 62.4 Å². The monoisotopic (exact) mass is 309 g/mol. The number of para-hydroxylation sites is 1. The predicted octanol–water partition coefficient (Wildman–Crippen LogP) is 4.58. The van der Waals surface area contributed by atoms with Crippen LogP contribution in [0.4, 0.5) is 0 Å². The number of ether oxygens (including phenoxy) is 1. The van der Waals surface area contributed by atoms with E-state index < -0.39 is 0 Å². The van der Waals surface area contributed by atoms with E-state index in [0.717, 1.165) is 25.4 Å².